The van der Waals surface area contributed by atoms with Crippen LogP contribution in [-0.2, 0) is 9.59 Å². The zero-order chi connectivity index (χ0) is 14.2. The lowest BCUT2D eigenvalue weighted by molar-refractivity contribution is -0.147. The summed E-state index contributed by atoms with van der Waals surface area (Å²) in [6.45, 7) is 0.0920. The van der Waals surface area contributed by atoms with E-state index in [-0.39, 0.29) is 35.8 Å². The minimum atomic E-state index is -0.382. The first kappa shape index (κ1) is 14.1. The van der Waals surface area contributed by atoms with Gasteiger partial charge in [-0.2, -0.15) is 0 Å². The third-order valence-electron chi connectivity index (χ3n) is 5.68. The van der Waals surface area contributed by atoms with Crippen LogP contribution in [0.15, 0.2) is 0 Å². The number of aliphatic hydroxyl groups is 1. The summed E-state index contributed by atoms with van der Waals surface area (Å²) in [6, 6.07) is -0.0462. The molecule has 4 heteroatoms. The molecule has 0 bridgehead atoms. The topological polar surface area (TPSA) is 57.6 Å². The van der Waals surface area contributed by atoms with Crippen LogP contribution in [0.2, 0.25) is 0 Å². The van der Waals surface area contributed by atoms with Gasteiger partial charge in [-0.05, 0) is 25.7 Å². The van der Waals surface area contributed by atoms with Crippen LogP contribution in [-0.4, -0.2) is 34.5 Å². The van der Waals surface area contributed by atoms with Gasteiger partial charge in [-0.1, -0.05) is 32.1 Å². The molecular weight excluding hydrogens is 254 g/mol. The first-order chi connectivity index (χ1) is 9.68. The Balaban J connectivity index is 1.82. The first-order valence-corrected chi connectivity index (χ1v) is 8.15. The molecule has 3 fully saturated rings. The van der Waals surface area contributed by atoms with Gasteiger partial charge in [-0.15, -0.1) is 0 Å². The summed E-state index contributed by atoms with van der Waals surface area (Å²) in [6.07, 6.45) is 9.47. The van der Waals surface area contributed by atoms with E-state index < -0.39 is 0 Å². The Hall–Kier alpha value is -0.900. The number of likely N-dealkylation sites (tertiary alicyclic amines) is 1. The van der Waals surface area contributed by atoms with Gasteiger partial charge >= 0.3 is 0 Å². The van der Waals surface area contributed by atoms with Crippen molar-refractivity contribution >= 4 is 11.8 Å². The lowest BCUT2D eigenvalue weighted by atomic mass is 9.73. The molecule has 1 aliphatic heterocycles. The normalized spacial score (nSPS) is 34.0. The van der Waals surface area contributed by atoms with Crippen molar-refractivity contribution < 1.29 is 14.7 Å². The van der Waals surface area contributed by atoms with Crippen LogP contribution in [0.1, 0.15) is 64.2 Å². The van der Waals surface area contributed by atoms with Crippen molar-refractivity contribution in [3.8, 4) is 0 Å². The highest BCUT2D eigenvalue weighted by molar-refractivity contribution is 6.06. The molecule has 1 spiro atoms. The molecule has 112 valence electrons. The molecular formula is C16H25NO3. The van der Waals surface area contributed by atoms with Gasteiger partial charge in [0.25, 0.3) is 0 Å². The molecule has 0 aromatic heterocycles. The van der Waals surface area contributed by atoms with Crippen molar-refractivity contribution in [2.75, 3.05) is 6.61 Å². The predicted molar refractivity (Wildman–Crippen MR) is 74.8 cm³/mol. The van der Waals surface area contributed by atoms with E-state index in [4.69, 9.17) is 0 Å². The third kappa shape index (κ3) is 2.18. The number of carbonyl (C=O) groups is 2. The molecule has 3 aliphatic rings. The molecule has 3 rings (SSSR count). The molecule has 0 aromatic rings. The number of carbonyl (C=O) groups excluding carboxylic acids is 2. The van der Waals surface area contributed by atoms with E-state index in [2.05, 4.69) is 0 Å². The van der Waals surface area contributed by atoms with Crippen molar-refractivity contribution in [2.24, 2.45) is 11.3 Å². The van der Waals surface area contributed by atoms with Crippen molar-refractivity contribution in [3.63, 3.8) is 0 Å². The van der Waals surface area contributed by atoms with Gasteiger partial charge in [-0.25, -0.2) is 0 Å². The lowest BCUT2D eigenvalue weighted by Crippen LogP contribution is -2.48. The number of rotatable bonds is 2. The average Bonchev–Trinajstić information content (AvgIpc) is 2.71. The Morgan fingerprint density at radius 3 is 2.45 bits per heavy atom. The maximum atomic E-state index is 12.9. The average molecular weight is 279 g/mol. The molecule has 20 heavy (non-hydrogen) atoms. The van der Waals surface area contributed by atoms with Crippen LogP contribution in [0.3, 0.4) is 0 Å². The largest absolute Gasteiger partial charge is 0.396 e. The number of hydrogen-bond acceptors (Lipinski definition) is 3. The number of imide groups is 1. The Morgan fingerprint density at radius 2 is 1.75 bits per heavy atom. The zero-order valence-electron chi connectivity index (χ0n) is 12.1. The maximum absolute atomic E-state index is 12.9. The molecule has 2 amide bonds. The SMILES string of the molecule is O=C1CC2(CCCCC2)C(=O)N1C1CCCCC1CO. The molecule has 4 nitrogen and oxygen atoms in total. The van der Waals surface area contributed by atoms with Crippen LogP contribution >= 0.6 is 0 Å². The van der Waals surface area contributed by atoms with Crippen LogP contribution in [0.5, 0.6) is 0 Å². The smallest absolute Gasteiger partial charge is 0.236 e. The molecule has 0 radical (unpaired) electrons. The Labute approximate surface area is 120 Å². The van der Waals surface area contributed by atoms with Crippen molar-refractivity contribution in [1.82, 2.24) is 4.90 Å². The van der Waals surface area contributed by atoms with Gasteiger partial charge < -0.3 is 5.11 Å². The minimum absolute atomic E-state index is 0.0160. The highest BCUT2D eigenvalue weighted by atomic mass is 16.3. The number of aliphatic hydroxyl groups excluding tert-OH is 1. The Morgan fingerprint density at radius 1 is 1.05 bits per heavy atom. The van der Waals surface area contributed by atoms with Crippen molar-refractivity contribution in [1.29, 1.82) is 0 Å². The molecule has 2 aliphatic carbocycles. The van der Waals surface area contributed by atoms with E-state index in [0.29, 0.717) is 6.42 Å². The van der Waals surface area contributed by atoms with E-state index in [1.165, 1.54) is 6.42 Å². The molecule has 2 atom stereocenters. The van der Waals surface area contributed by atoms with Gasteiger partial charge in [0.2, 0.25) is 11.8 Å². The van der Waals surface area contributed by atoms with E-state index in [9.17, 15) is 14.7 Å². The highest BCUT2D eigenvalue weighted by Crippen LogP contribution is 2.47. The van der Waals surface area contributed by atoms with Crippen molar-refractivity contribution in [3.05, 3.63) is 0 Å². The fourth-order valence-electron chi connectivity index (χ4n) is 4.51. The lowest BCUT2D eigenvalue weighted by Gasteiger charge is -2.38. The Bertz CT molecular complexity index is 401. The van der Waals surface area contributed by atoms with Gasteiger partial charge in [0.1, 0.15) is 0 Å². The summed E-state index contributed by atoms with van der Waals surface area (Å²) in [5.41, 5.74) is -0.382. The molecule has 2 unspecified atom stereocenters. The van der Waals surface area contributed by atoms with Crippen LogP contribution in [0.25, 0.3) is 0 Å². The molecule has 2 saturated carbocycles. The second kappa shape index (κ2) is 5.47. The maximum Gasteiger partial charge on any atom is 0.236 e. The summed E-state index contributed by atoms with van der Waals surface area (Å²) in [7, 11) is 0. The third-order valence-corrected chi connectivity index (χ3v) is 5.68. The zero-order valence-corrected chi connectivity index (χ0v) is 12.1. The fraction of sp³-hybridized carbons (Fsp3) is 0.875. The van der Waals surface area contributed by atoms with Gasteiger partial charge in [0.05, 0.1) is 5.41 Å². The Kier molecular flexibility index (Phi) is 3.85. The molecule has 1 heterocycles. The van der Waals surface area contributed by atoms with E-state index in [1.807, 2.05) is 0 Å². The summed E-state index contributed by atoms with van der Waals surface area (Å²) >= 11 is 0. The van der Waals surface area contributed by atoms with Gasteiger partial charge in [0.15, 0.2) is 0 Å². The minimum Gasteiger partial charge on any atom is -0.396 e. The number of amides is 2. The quantitative estimate of drug-likeness (QED) is 0.789. The second-order valence-electron chi connectivity index (χ2n) is 6.88. The van der Waals surface area contributed by atoms with Crippen LogP contribution < -0.4 is 0 Å². The number of hydrogen-bond donors (Lipinski definition) is 1. The summed E-state index contributed by atoms with van der Waals surface area (Å²) in [5, 5.41) is 9.55. The van der Waals surface area contributed by atoms with Gasteiger partial charge in [-0.3, -0.25) is 14.5 Å². The van der Waals surface area contributed by atoms with E-state index in [1.54, 1.807) is 4.90 Å². The summed E-state index contributed by atoms with van der Waals surface area (Å²) in [5.74, 6) is 0.185. The second-order valence-corrected chi connectivity index (χ2v) is 6.88. The fourth-order valence-corrected chi connectivity index (χ4v) is 4.51. The van der Waals surface area contributed by atoms with Crippen LogP contribution in [0, 0.1) is 11.3 Å². The molecule has 0 aromatic carbocycles. The van der Waals surface area contributed by atoms with Crippen molar-refractivity contribution in [2.45, 2.75) is 70.3 Å². The van der Waals surface area contributed by atoms with E-state index in [0.717, 1.165) is 51.4 Å². The summed E-state index contributed by atoms with van der Waals surface area (Å²) in [4.78, 5) is 26.9. The molecule has 1 N–H and O–H groups in total. The van der Waals surface area contributed by atoms with Gasteiger partial charge in [0, 0.05) is 25.0 Å². The predicted octanol–water partition coefficient (Wildman–Crippen LogP) is 2.25. The molecule has 1 saturated heterocycles. The standard InChI is InChI=1S/C16H25NO3/c18-11-12-6-2-3-7-13(12)17-14(19)10-16(15(17)20)8-4-1-5-9-16/h12-13,18H,1-11H2. The first-order valence-electron chi connectivity index (χ1n) is 8.15. The summed E-state index contributed by atoms with van der Waals surface area (Å²) < 4.78 is 0. The monoisotopic (exact) mass is 279 g/mol. The van der Waals surface area contributed by atoms with Crippen LogP contribution in [0.4, 0.5) is 0 Å². The highest BCUT2D eigenvalue weighted by Gasteiger charge is 2.54. The number of nitrogens with zero attached hydrogens (tertiary/aromatic N) is 1. The van der Waals surface area contributed by atoms with E-state index >= 15 is 0 Å².